The summed E-state index contributed by atoms with van der Waals surface area (Å²) in [4.78, 5) is 0. The smallest absolute Gasteiger partial charge is 0.150 e. The zero-order valence-corrected chi connectivity index (χ0v) is 11.0. The van der Waals surface area contributed by atoms with Gasteiger partial charge in [0, 0.05) is 11.1 Å². The first-order chi connectivity index (χ1) is 8.60. The quantitative estimate of drug-likeness (QED) is 0.851. The number of methoxy groups -OCH3 is 1. The molecular weight excluding hydrogens is 250 g/mol. The Morgan fingerprint density at radius 3 is 2.39 bits per heavy atom. The van der Waals surface area contributed by atoms with Crippen LogP contribution in [0.1, 0.15) is 5.56 Å². The van der Waals surface area contributed by atoms with Crippen LogP contribution in [-0.4, -0.2) is 7.11 Å². The summed E-state index contributed by atoms with van der Waals surface area (Å²) in [5.41, 5.74) is 7.38. The molecule has 2 aromatic rings. The number of hydrogen-bond donors (Lipinski definition) is 1. The van der Waals surface area contributed by atoms with Crippen LogP contribution in [0.25, 0.3) is 0 Å². The number of halogens is 1. The Morgan fingerprint density at radius 1 is 1.06 bits per heavy atom. The van der Waals surface area contributed by atoms with Crippen LogP contribution in [-0.2, 0) is 0 Å². The van der Waals surface area contributed by atoms with Crippen LogP contribution in [0.4, 0.5) is 5.69 Å². The summed E-state index contributed by atoms with van der Waals surface area (Å²) in [5.74, 6) is 2.03. The van der Waals surface area contributed by atoms with Gasteiger partial charge in [-0.15, -0.1) is 0 Å². The van der Waals surface area contributed by atoms with Gasteiger partial charge in [-0.2, -0.15) is 0 Å². The van der Waals surface area contributed by atoms with Gasteiger partial charge in [-0.25, -0.2) is 0 Å². The van der Waals surface area contributed by atoms with Crippen molar-refractivity contribution in [3.05, 3.63) is 47.0 Å². The molecule has 2 rings (SSSR count). The van der Waals surface area contributed by atoms with Gasteiger partial charge in [0.15, 0.2) is 5.75 Å². The molecule has 18 heavy (non-hydrogen) atoms. The van der Waals surface area contributed by atoms with E-state index in [1.165, 1.54) is 0 Å². The molecule has 0 bridgehead atoms. The van der Waals surface area contributed by atoms with Crippen LogP contribution in [0.5, 0.6) is 17.2 Å². The average molecular weight is 264 g/mol. The van der Waals surface area contributed by atoms with Gasteiger partial charge in [-0.3, -0.25) is 0 Å². The van der Waals surface area contributed by atoms with Crippen molar-refractivity contribution in [3.8, 4) is 17.2 Å². The molecule has 0 fully saturated rings. The minimum atomic E-state index is 0.531. The first kappa shape index (κ1) is 12.6. The Labute approximate surface area is 111 Å². The number of hydrogen-bond acceptors (Lipinski definition) is 3. The number of nitrogens with two attached hydrogens (primary N) is 1. The molecule has 0 radical (unpaired) electrons. The third kappa shape index (κ3) is 2.68. The predicted molar refractivity (Wildman–Crippen MR) is 73.7 cm³/mol. The lowest BCUT2D eigenvalue weighted by Crippen LogP contribution is -1.94. The number of nitrogen functional groups attached to an aromatic ring is 1. The maximum Gasteiger partial charge on any atom is 0.150 e. The molecule has 2 N–H and O–H groups in total. The van der Waals surface area contributed by atoms with E-state index in [1.54, 1.807) is 31.4 Å². The molecule has 4 heteroatoms. The normalized spacial score (nSPS) is 10.2. The van der Waals surface area contributed by atoms with E-state index in [1.807, 2.05) is 19.1 Å². The zero-order chi connectivity index (χ0) is 13.1. The molecule has 0 aliphatic rings. The Kier molecular flexibility index (Phi) is 3.63. The first-order valence-electron chi connectivity index (χ1n) is 5.47. The molecule has 0 atom stereocenters. The number of anilines is 1. The van der Waals surface area contributed by atoms with E-state index in [0.717, 1.165) is 11.3 Å². The third-order valence-electron chi connectivity index (χ3n) is 2.57. The van der Waals surface area contributed by atoms with Gasteiger partial charge < -0.3 is 15.2 Å². The maximum absolute atomic E-state index is 5.89. The van der Waals surface area contributed by atoms with E-state index in [9.17, 15) is 0 Å². The van der Waals surface area contributed by atoms with Crippen molar-refractivity contribution < 1.29 is 9.47 Å². The minimum Gasteiger partial charge on any atom is -0.497 e. The lowest BCUT2D eigenvalue weighted by Gasteiger charge is -2.11. The minimum absolute atomic E-state index is 0.531. The van der Waals surface area contributed by atoms with Crippen LogP contribution in [0.2, 0.25) is 5.02 Å². The Hall–Kier alpha value is -1.87. The highest BCUT2D eigenvalue weighted by Crippen LogP contribution is 2.32. The molecule has 0 aliphatic heterocycles. The third-order valence-corrected chi connectivity index (χ3v) is 2.81. The molecule has 0 saturated heterocycles. The second-order valence-corrected chi connectivity index (χ2v) is 4.35. The number of rotatable bonds is 3. The standard InChI is InChI=1S/C14H14ClNO2/c1-9-7-10(15)3-5-13(9)18-14-6-4-11(17-2)8-12(14)16/h3-8H,16H2,1-2H3. The first-order valence-corrected chi connectivity index (χ1v) is 5.85. The van der Waals surface area contributed by atoms with Crippen molar-refractivity contribution in [2.45, 2.75) is 6.92 Å². The van der Waals surface area contributed by atoms with Crippen LogP contribution >= 0.6 is 11.6 Å². The molecule has 0 saturated carbocycles. The van der Waals surface area contributed by atoms with Crippen molar-refractivity contribution in [3.63, 3.8) is 0 Å². The van der Waals surface area contributed by atoms with Gasteiger partial charge in [0.25, 0.3) is 0 Å². The summed E-state index contributed by atoms with van der Waals surface area (Å²) in [6, 6.07) is 10.8. The van der Waals surface area contributed by atoms with E-state index in [2.05, 4.69) is 0 Å². The van der Waals surface area contributed by atoms with E-state index in [4.69, 9.17) is 26.8 Å². The van der Waals surface area contributed by atoms with E-state index in [-0.39, 0.29) is 0 Å². The Bertz CT molecular complexity index is 570. The summed E-state index contributed by atoms with van der Waals surface area (Å²) < 4.78 is 10.8. The van der Waals surface area contributed by atoms with E-state index < -0.39 is 0 Å². The Balaban J connectivity index is 2.28. The highest BCUT2D eigenvalue weighted by molar-refractivity contribution is 6.30. The van der Waals surface area contributed by atoms with Crippen molar-refractivity contribution in [2.75, 3.05) is 12.8 Å². The molecule has 0 heterocycles. The van der Waals surface area contributed by atoms with E-state index in [0.29, 0.717) is 22.2 Å². The summed E-state index contributed by atoms with van der Waals surface area (Å²) >= 11 is 5.89. The summed E-state index contributed by atoms with van der Waals surface area (Å²) in [5, 5.41) is 0.683. The van der Waals surface area contributed by atoms with Gasteiger partial charge >= 0.3 is 0 Å². The highest BCUT2D eigenvalue weighted by Gasteiger charge is 2.06. The van der Waals surface area contributed by atoms with Crippen molar-refractivity contribution in [1.82, 2.24) is 0 Å². The van der Waals surface area contributed by atoms with Crippen LogP contribution in [0.3, 0.4) is 0 Å². The maximum atomic E-state index is 5.89. The monoisotopic (exact) mass is 263 g/mol. The molecule has 0 spiro atoms. The van der Waals surface area contributed by atoms with Crippen molar-refractivity contribution in [1.29, 1.82) is 0 Å². The molecule has 94 valence electrons. The SMILES string of the molecule is COc1ccc(Oc2ccc(Cl)cc2C)c(N)c1. The van der Waals surface area contributed by atoms with E-state index >= 15 is 0 Å². The summed E-state index contributed by atoms with van der Waals surface area (Å²) in [6.07, 6.45) is 0. The van der Waals surface area contributed by atoms with Gasteiger partial charge in [0.1, 0.15) is 11.5 Å². The fraction of sp³-hybridized carbons (Fsp3) is 0.143. The lowest BCUT2D eigenvalue weighted by molar-refractivity contribution is 0.413. The predicted octanol–water partition coefficient (Wildman–Crippen LogP) is 4.03. The Morgan fingerprint density at radius 2 is 1.78 bits per heavy atom. The molecular formula is C14H14ClNO2. The van der Waals surface area contributed by atoms with Gasteiger partial charge in [-0.05, 0) is 42.8 Å². The summed E-state index contributed by atoms with van der Waals surface area (Å²) in [7, 11) is 1.60. The fourth-order valence-electron chi connectivity index (χ4n) is 1.59. The zero-order valence-electron chi connectivity index (χ0n) is 10.2. The molecule has 0 amide bonds. The number of aryl methyl sites for hydroxylation is 1. The topological polar surface area (TPSA) is 44.5 Å². The summed E-state index contributed by atoms with van der Waals surface area (Å²) in [6.45, 7) is 1.93. The highest BCUT2D eigenvalue weighted by atomic mass is 35.5. The van der Waals surface area contributed by atoms with Gasteiger partial charge in [0.2, 0.25) is 0 Å². The average Bonchev–Trinajstić information content (AvgIpc) is 2.34. The fourth-order valence-corrected chi connectivity index (χ4v) is 1.82. The van der Waals surface area contributed by atoms with Crippen LogP contribution in [0, 0.1) is 6.92 Å². The van der Waals surface area contributed by atoms with Crippen molar-refractivity contribution in [2.24, 2.45) is 0 Å². The number of ether oxygens (including phenoxy) is 2. The molecule has 0 unspecified atom stereocenters. The molecule has 2 aromatic carbocycles. The van der Waals surface area contributed by atoms with Gasteiger partial charge in [0.05, 0.1) is 12.8 Å². The second-order valence-electron chi connectivity index (χ2n) is 3.92. The molecule has 3 nitrogen and oxygen atoms in total. The molecule has 0 aromatic heterocycles. The van der Waals surface area contributed by atoms with Crippen molar-refractivity contribution >= 4 is 17.3 Å². The van der Waals surface area contributed by atoms with Gasteiger partial charge in [-0.1, -0.05) is 11.6 Å². The van der Waals surface area contributed by atoms with Crippen LogP contribution in [0.15, 0.2) is 36.4 Å². The number of benzene rings is 2. The van der Waals surface area contributed by atoms with Crippen LogP contribution < -0.4 is 15.2 Å². The largest absolute Gasteiger partial charge is 0.497 e. The molecule has 0 aliphatic carbocycles. The lowest BCUT2D eigenvalue weighted by atomic mass is 10.2. The second kappa shape index (κ2) is 5.19.